The van der Waals surface area contributed by atoms with E-state index in [0.717, 1.165) is 32.2 Å². The summed E-state index contributed by atoms with van der Waals surface area (Å²) in [7, 11) is 0. The highest BCUT2D eigenvalue weighted by molar-refractivity contribution is 7.07. The summed E-state index contributed by atoms with van der Waals surface area (Å²) in [5.41, 5.74) is 1.26. The van der Waals surface area contributed by atoms with Crippen LogP contribution in [0, 0.1) is 5.92 Å². The molecule has 2 atom stereocenters. The van der Waals surface area contributed by atoms with Gasteiger partial charge in [0, 0.05) is 25.6 Å². The molecule has 21 heavy (non-hydrogen) atoms. The van der Waals surface area contributed by atoms with Crippen molar-refractivity contribution in [2.75, 3.05) is 13.1 Å². The third-order valence-electron chi connectivity index (χ3n) is 4.96. The van der Waals surface area contributed by atoms with Crippen molar-refractivity contribution in [3.05, 3.63) is 22.4 Å². The van der Waals surface area contributed by atoms with Crippen molar-refractivity contribution < 1.29 is 9.59 Å². The molecule has 0 aromatic carbocycles. The Morgan fingerprint density at radius 1 is 1.29 bits per heavy atom. The standard InChI is InChI=1S/C16H20N2O2S/c19-15-8-12(9-18(15)13-3-4-13)16(20)17-6-1-2-14(17)11-5-7-21-10-11/h5,7,10,12-14H,1-4,6,8-9H2. The molecule has 2 amide bonds. The van der Waals surface area contributed by atoms with E-state index < -0.39 is 0 Å². The van der Waals surface area contributed by atoms with Gasteiger partial charge >= 0.3 is 0 Å². The van der Waals surface area contributed by atoms with Crippen LogP contribution < -0.4 is 0 Å². The lowest BCUT2D eigenvalue weighted by Crippen LogP contribution is -2.37. The van der Waals surface area contributed by atoms with Crippen LogP contribution in [0.15, 0.2) is 16.8 Å². The first-order valence-electron chi connectivity index (χ1n) is 7.86. The molecule has 1 aromatic rings. The Morgan fingerprint density at radius 2 is 2.14 bits per heavy atom. The predicted molar refractivity (Wildman–Crippen MR) is 80.8 cm³/mol. The van der Waals surface area contributed by atoms with Gasteiger partial charge in [-0.25, -0.2) is 0 Å². The van der Waals surface area contributed by atoms with Gasteiger partial charge in [-0.05, 0) is 48.1 Å². The second-order valence-electron chi connectivity index (χ2n) is 6.42. The molecule has 2 saturated heterocycles. The Balaban J connectivity index is 1.48. The maximum Gasteiger partial charge on any atom is 0.228 e. The number of rotatable bonds is 3. The van der Waals surface area contributed by atoms with Gasteiger partial charge in [-0.2, -0.15) is 11.3 Å². The lowest BCUT2D eigenvalue weighted by molar-refractivity contribution is -0.136. The third kappa shape index (κ3) is 2.37. The summed E-state index contributed by atoms with van der Waals surface area (Å²) < 4.78 is 0. The molecule has 3 aliphatic rings. The number of likely N-dealkylation sites (tertiary alicyclic amines) is 2. The highest BCUT2D eigenvalue weighted by Crippen LogP contribution is 2.37. The fourth-order valence-electron chi connectivity index (χ4n) is 3.71. The van der Waals surface area contributed by atoms with Crippen LogP contribution in [0.5, 0.6) is 0 Å². The normalized spacial score (nSPS) is 29.4. The highest BCUT2D eigenvalue weighted by Gasteiger charge is 2.44. The monoisotopic (exact) mass is 304 g/mol. The molecule has 0 spiro atoms. The van der Waals surface area contributed by atoms with Crippen molar-refractivity contribution in [1.29, 1.82) is 0 Å². The molecule has 112 valence electrons. The minimum atomic E-state index is -0.114. The molecule has 4 rings (SSSR count). The first kappa shape index (κ1) is 13.3. The van der Waals surface area contributed by atoms with Gasteiger partial charge in [0.2, 0.25) is 11.8 Å². The number of amides is 2. The summed E-state index contributed by atoms with van der Waals surface area (Å²) in [6, 6.07) is 2.78. The second-order valence-corrected chi connectivity index (χ2v) is 7.20. The van der Waals surface area contributed by atoms with E-state index in [-0.39, 0.29) is 23.8 Å². The summed E-state index contributed by atoms with van der Waals surface area (Å²) in [5, 5.41) is 4.22. The Hall–Kier alpha value is -1.36. The Labute approximate surface area is 128 Å². The van der Waals surface area contributed by atoms with E-state index in [1.807, 2.05) is 9.80 Å². The van der Waals surface area contributed by atoms with Crippen molar-refractivity contribution >= 4 is 23.2 Å². The van der Waals surface area contributed by atoms with E-state index >= 15 is 0 Å². The van der Waals surface area contributed by atoms with Crippen molar-refractivity contribution in [3.63, 3.8) is 0 Å². The van der Waals surface area contributed by atoms with Crippen LogP contribution in [0.3, 0.4) is 0 Å². The Bertz CT molecular complexity index is 553. The number of carbonyl (C=O) groups is 2. The fraction of sp³-hybridized carbons (Fsp3) is 0.625. The lowest BCUT2D eigenvalue weighted by Gasteiger charge is -2.27. The molecule has 2 aliphatic heterocycles. The van der Waals surface area contributed by atoms with Crippen LogP contribution in [0.4, 0.5) is 0 Å². The van der Waals surface area contributed by atoms with E-state index in [4.69, 9.17) is 0 Å². The van der Waals surface area contributed by atoms with Gasteiger partial charge in [0.05, 0.1) is 12.0 Å². The zero-order valence-electron chi connectivity index (χ0n) is 12.0. The molecule has 2 unspecified atom stereocenters. The van der Waals surface area contributed by atoms with E-state index in [0.29, 0.717) is 19.0 Å². The molecule has 1 aromatic heterocycles. The molecular weight excluding hydrogens is 284 g/mol. The molecule has 0 bridgehead atoms. The van der Waals surface area contributed by atoms with E-state index in [1.165, 1.54) is 5.56 Å². The van der Waals surface area contributed by atoms with Gasteiger partial charge in [0.1, 0.15) is 0 Å². The van der Waals surface area contributed by atoms with Gasteiger partial charge in [0.25, 0.3) is 0 Å². The SMILES string of the molecule is O=C1CC(C(=O)N2CCCC2c2ccsc2)CN1C1CC1. The van der Waals surface area contributed by atoms with Gasteiger partial charge in [-0.15, -0.1) is 0 Å². The van der Waals surface area contributed by atoms with Gasteiger partial charge < -0.3 is 9.80 Å². The van der Waals surface area contributed by atoms with Gasteiger partial charge in [-0.3, -0.25) is 9.59 Å². The fourth-order valence-corrected chi connectivity index (χ4v) is 4.42. The molecule has 0 radical (unpaired) electrons. The Morgan fingerprint density at radius 3 is 2.86 bits per heavy atom. The molecule has 0 N–H and O–H groups in total. The zero-order chi connectivity index (χ0) is 14.4. The molecule has 4 nitrogen and oxygen atoms in total. The van der Waals surface area contributed by atoms with E-state index in [2.05, 4.69) is 16.8 Å². The summed E-state index contributed by atoms with van der Waals surface area (Å²) in [6.45, 7) is 1.49. The first-order valence-corrected chi connectivity index (χ1v) is 8.80. The molecule has 1 aliphatic carbocycles. The zero-order valence-corrected chi connectivity index (χ0v) is 12.8. The smallest absolute Gasteiger partial charge is 0.228 e. The van der Waals surface area contributed by atoms with Crippen LogP contribution in [-0.2, 0) is 9.59 Å². The highest BCUT2D eigenvalue weighted by atomic mass is 32.1. The predicted octanol–water partition coefficient (Wildman–Crippen LogP) is 2.42. The maximum atomic E-state index is 12.8. The number of thiophene rings is 1. The topological polar surface area (TPSA) is 40.6 Å². The van der Waals surface area contributed by atoms with Crippen molar-refractivity contribution in [3.8, 4) is 0 Å². The first-order chi connectivity index (χ1) is 10.2. The van der Waals surface area contributed by atoms with Crippen LogP contribution in [0.2, 0.25) is 0 Å². The average molecular weight is 304 g/mol. The summed E-state index contributed by atoms with van der Waals surface area (Å²) in [5.74, 6) is 0.264. The molecule has 3 heterocycles. The van der Waals surface area contributed by atoms with Crippen molar-refractivity contribution in [2.45, 2.75) is 44.2 Å². The quantitative estimate of drug-likeness (QED) is 0.860. The van der Waals surface area contributed by atoms with Gasteiger partial charge in [0.15, 0.2) is 0 Å². The molecule has 3 fully saturated rings. The number of nitrogens with zero attached hydrogens (tertiary/aromatic N) is 2. The third-order valence-corrected chi connectivity index (χ3v) is 5.66. The second kappa shape index (κ2) is 5.13. The summed E-state index contributed by atoms with van der Waals surface area (Å²) >= 11 is 1.69. The largest absolute Gasteiger partial charge is 0.339 e. The number of carbonyl (C=O) groups excluding carboxylic acids is 2. The van der Waals surface area contributed by atoms with Crippen LogP contribution >= 0.6 is 11.3 Å². The molecule has 1 saturated carbocycles. The van der Waals surface area contributed by atoms with Crippen LogP contribution in [0.25, 0.3) is 0 Å². The van der Waals surface area contributed by atoms with Crippen LogP contribution in [0.1, 0.15) is 43.7 Å². The summed E-state index contributed by atoms with van der Waals surface area (Å²) in [4.78, 5) is 28.9. The molecular formula is C16H20N2O2S. The van der Waals surface area contributed by atoms with Gasteiger partial charge in [-0.1, -0.05) is 0 Å². The maximum absolute atomic E-state index is 12.8. The van der Waals surface area contributed by atoms with Crippen LogP contribution in [-0.4, -0.2) is 40.7 Å². The van der Waals surface area contributed by atoms with E-state index in [9.17, 15) is 9.59 Å². The number of hydrogen-bond acceptors (Lipinski definition) is 3. The Kier molecular flexibility index (Phi) is 3.25. The van der Waals surface area contributed by atoms with Crippen molar-refractivity contribution in [1.82, 2.24) is 9.80 Å². The number of hydrogen-bond donors (Lipinski definition) is 0. The van der Waals surface area contributed by atoms with E-state index in [1.54, 1.807) is 11.3 Å². The van der Waals surface area contributed by atoms with Crippen molar-refractivity contribution in [2.24, 2.45) is 5.92 Å². The molecule has 5 heteroatoms. The lowest BCUT2D eigenvalue weighted by atomic mass is 10.0. The minimum absolute atomic E-state index is 0.114. The average Bonchev–Trinajstić information content (AvgIpc) is 2.94. The minimum Gasteiger partial charge on any atom is -0.339 e. The summed E-state index contributed by atoms with van der Waals surface area (Å²) in [6.07, 6.45) is 4.78.